The van der Waals surface area contributed by atoms with Crippen molar-refractivity contribution >= 4 is 28.3 Å². The zero-order valence-corrected chi connectivity index (χ0v) is 11.1. The van der Waals surface area contributed by atoms with E-state index in [0.717, 1.165) is 5.02 Å². The van der Waals surface area contributed by atoms with Crippen molar-refractivity contribution in [1.82, 2.24) is 0 Å². The molecule has 2 aromatic rings. The molecular formula is C15H13ClS. The van der Waals surface area contributed by atoms with Gasteiger partial charge in [-0.15, -0.1) is 0 Å². The first-order valence-corrected chi connectivity index (χ1v) is 6.64. The Hall–Kier alpha value is -1.18. The number of thioether (sulfide) groups is 1. The normalized spacial score (nSPS) is 11.5. The van der Waals surface area contributed by atoms with Gasteiger partial charge in [-0.3, -0.25) is 0 Å². The molecule has 0 atom stereocenters. The molecule has 0 N–H and O–H groups in total. The molecule has 0 aliphatic rings. The molecule has 0 aromatic heterocycles. The summed E-state index contributed by atoms with van der Waals surface area (Å²) in [6.45, 7) is 2.06. The summed E-state index contributed by atoms with van der Waals surface area (Å²) in [5.74, 6) is 0. The zero-order chi connectivity index (χ0) is 12.1. The fraction of sp³-hybridized carbons (Fsp3) is 0.0667. The second-order valence-corrected chi connectivity index (χ2v) is 5.13. The van der Waals surface area contributed by atoms with Crippen molar-refractivity contribution in [2.24, 2.45) is 0 Å². The summed E-state index contributed by atoms with van der Waals surface area (Å²) in [4.78, 5) is 2.46. The maximum Gasteiger partial charge on any atom is 0.0406 e. The minimum atomic E-state index is 0.774. The Morgan fingerprint density at radius 1 is 1.00 bits per heavy atom. The van der Waals surface area contributed by atoms with Gasteiger partial charge < -0.3 is 0 Å². The number of hydrogen-bond donors (Lipinski definition) is 0. The second-order valence-electron chi connectivity index (χ2n) is 3.57. The van der Waals surface area contributed by atoms with Crippen LogP contribution in [0.2, 0.25) is 5.02 Å². The molecule has 0 nitrogen and oxygen atoms in total. The predicted molar refractivity (Wildman–Crippen MR) is 77.4 cm³/mol. The molecule has 86 valence electrons. The monoisotopic (exact) mass is 260 g/mol. The summed E-state index contributed by atoms with van der Waals surface area (Å²) in [6, 6.07) is 18.3. The number of hydrogen-bond acceptors (Lipinski definition) is 1. The quantitative estimate of drug-likeness (QED) is 0.657. The lowest BCUT2D eigenvalue weighted by atomic mass is 10.2. The summed E-state index contributed by atoms with van der Waals surface area (Å²) in [6.07, 6.45) is 2.13. The van der Waals surface area contributed by atoms with Gasteiger partial charge in [-0.05, 0) is 36.8 Å². The highest BCUT2D eigenvalue weighted by Crippen LogP contribution is 2.34. The molecule has 0 radical (unpaired) electrons. The van der Waals surface area contributed by atoms with Crippen LogP contribution in [0.3, 0.4) is 0 Å². The van der Waals surface area contributed by atoms with Crippen LogP contribution in [0.4, 0.5) is 0 Å². The van der Waals surface area contributed by atoms with Crippen LogP contribution in [0, 0.1) is 0 Å². The van der Waals surface area contributed by atoms with Crippen molar-refractivity contribution < 1.29 is 0 Å². The fourth-order valence-corrected chi connectivity index (χ4v) is 2.54. The summed E-state index contributed by atoms with van der Waals surface area (Å²) in [5, 5.41) is 0.774. The number of benzene rings is 2. The molecule has 0 unspecified atom stereocenters. The Morgan fingerprint density at radius 3 is 2.24 bits per heavy atom. The van der Waals surface area contributed by atoms with Crippen LogP contribution in [-0.2, 0) is 0 Å². The van der Waals surface area contributed by atoms with Gasteiger partial charge in [0.25, 0.3) is 0 Å². The second kappa shape index (κ2) is 5.95. The van der Waals surface area contributed by atoms with Crippen LogP contribution in [-0.4, -0.2) is 0 Å². The van der Waals surface area contributed by atoms with Gasteiger partial charge in [0.05, 0.1) is 0 Å². The summed E-state index contributed by atoms with van der Waals surface area (Å²) < 4.78 is 0. The summed E-state index contributed by atoms with van der Waals surface area (Å²) >= 11 is 7.63. The lowest BCUT2D eigenvalue weighted by Crippen LogP contribution is -1.79. The molecule has 0 aliphatic carbocycles. The molecule has 0 heterocycles. The fourth-order valence-electron chi connectivity index (χ4n) is 1.52. The third-order valence-electron chi connectivity index (χ3n) is 2.36. The molecule has 0 saturated heterocycles. The molecular weight excluding hydrogens is 248 g/mol. The van der Waals surface area contributed by atoms with Crippen molar-refractivity contribution in [2.75, 3.05) is 0 Å². The zero-order valence-electron chi connectivity index (χ0n) is 9.56. The van der Waals surface area contributed by atoms with Gasteiger partial charge >= 0.3 is 0 Å². The van der Waals surface area contributed by atoms with E-state index in [9.17, 15) is 0 Å². The van der Waals surface area contributed by atoms with Crippen LogP contribution in [0.1, 0.15) is 12.5 Å². The number of allylic oxidation sites excluding steroid dienone is 1. The minimum absolute atomic E-state index is 0.774. The van der Waals surface area contributed by atoms with Crippen LogP contribution in [0.15, 0.2) is 65.6 Å². The van der Waals surface area contributed by atoms with Gasteiger partial charge in [-0.2, -0.15) is 0 Å². The van der Waals surface area contributed by atoms with E-state index in [1.165, 1.54) is 15.4 Å². The Bertz CT molecular complexity index is 500. The molecule has 0 saturated carbocycles. The Kier molecular flexibility index (Phi) is 4.29. The standard InChI is InChI=1S/C15H13ClS/c1-2-15(12-6-4-3-5-7-12)17-14-10-8-13(16)9-11-14/h2-11H,1H3/b15-2-. The van der Waals surface area contributed by atoms with Crippen LogP contribution < -0.4 is 0 Å². The molecule has 0 bridgehead atoms. The minimum Gasteiger partial charge on any atom is -0.0898 e. The summed E-state index contributed by atoms with van der Waals surface area (Å²) in [7, 11) is 0. The largest absolute Gasteiger partial charge is 0.0898 e. The van der Waals surface area contributed by atoms with E-state index < -0.39 is 0 Å². The highest BCUT2D eigenvalue weighted by molar-refractivity contribution is 8.08. The van der Waals surface area contributed by atoms with Gasteiger partial charge in [-0.25, -0.2) is 0 Å². The Labute approximate surface area is 111 Å². The highest BCUT2D eigenvalue weighted by Gasteiger charge is 2.02. The molecule has 2 heteroatoms. The maximum atomic E-state index is 5.88. The predicted octanol–water partition coefficient (Wildman–Crippen LogP) is 5.49. The van der Waals surface area contributed by atoms with Crippen molar-refractivity contribution in [3.8, 4) is 0 Å². The first-order chi connectivity index (χ1) is 8.29. The average molecular weight is 261 g/mol. The van der Waals surface area contributed by atoms with Crippen molar-refractivity contribution in [3.63, 3.8) is 0 Å². The molecule has 0 aliphatic heterocycles. The van der Waals surface area contributed by atoms with E-state index in [1.54, 1.807) is 11.8 Å². The lowest BCUT2D eigenvalue weighted by Gasteiger charge is -2.06. The number of rotatable bonds is 3. The van der Waals surface area contributed by atoms with Crippen LogP contribution in [0.25, 0.3) is 4.91 Å². The molecule has 17 heavy (non-hydrogen) atoms. The van der Waals surface area contributed by atoms with Crippen molar-refractivity contribution in [3.05, 3.63) is 71.3 Å². The first-order valence-electron chi connectivity index (χ1n) is 5.45. The molecule has 0 spiro atoms. The van der Waals surface area contributed by atoms with Gasteiger partial charge in [0, 0.05) is 14.8 Å². The van der Waals surface area contributed by atoms with E-state index in [-0.39, 0.29) is 0 Å². The highest BCUT2D eigenvalue weighted by atomic mass is 35.5. The molecule has 0 fully saturated rings. The van der Waals surface area contributed by atoms with Crippen LogP contribution >= 0.6 is 23.4 Å². The van der Waals surface area contributed by atoms with E-state index in [0.29, 0.717) is 0 Å². The SMILES string of the molecule is C/C=C(\Sc1ccc(Cl)cc1)c1ccccc1. The van der Waals surface area contributed by atoms with E-state index in [1.807, 2.05) is 30.3 Å². The third kappa shape index (κ3) is 3.39. The smallest absolute Gasteiger partial charge is 0.0406 e. The summed E-state index contributed by atoms with van der Waals surface area (Å²) in [5.41, 5.74) is 1.25. The average Bonchev–Trinajstić information content (AvgIpc) is 2.39. The van der Waals surface area contributed by atoms with Gasteiger partial charge in [0.1, 0.15) is 0 Å². The Morgan fingerprint density at radius 2 is 1.65 bits per heavy atom. The third-order valence-corrected chi connectivity index (χ3v) is 3.81. The van der Waals surface area contributed by atoms with E-state index >= 15 is 0 Å². The lowest BCUT2D eigenvalue weighted by molar-refractivity contribution is 1.47. The van der Waals surface area contributed by atoms with Gasteiger partial charge in [0.2, 0.25) is 0 Å². The Balaban J connectivity index is 2.19. The molecule has 0 amide bonds. The van der Waals surface area contributed by atoms with Gasteiger partial charge in [-0.1, -0.05) is 59.8 Å². The molecule has 2 aromatic carbocycles. The first kappa shape index (κ1) is 12.3. The maximum absolute atomic E-state index is 5.88. The van der Waals surface area contributed by atoms with Crippen molar-refractivity contribution in [1.29, 1.82) is 0 Å². The number of halogens is 1. The van der Waals surface area contributed by atoms with Crippen molar-refractivity contribution in [2.45, 2.75) is 11.8 Å². The topological polar surface area (TPSA) is 0 Å². The van der Waals surface area contributed by atoms with E-state index in [4.69, 9.17) is 11.6 Å². The molecule has 2 rings (SSSR count). The van der Waals surface area contributed by atoms with Crippen LogP contribution in [0.5, 0.6) is 0 Å². The van der Waals surface area contributed by atoms with Gasteiger partial charge in [0.15, 0.2) is 0 Å². The van der Waals surface area contributed by atoms with E-state index in [2.05, 4.69) is 37.3 Å².